The van der Waals surface area contributed by atoms with Crippen molar-refractivity contribution >= 4 is 23.7 Å². The summed E-state index contributed by atoms with van der Waals surface area (Å²) >= 11 is 0. The number of alkyl halides is 6. The van der Waals surface area contributed by atoms with E-state index < -0.39 is 54.0 Å². The SMILES string of the molecule is CC[C@@H]1C[C@H](Nc2ncc(-c3cncc(C(=O)O)c3)c(Cc3cc(C(F)(F)F)cc(C(F)(F)F)c3)n2)c2nc(OC)ccc2N1C(=O)O. The Labute approximate surface area is 268 Å². The van der Waals surface area contributed by atoms with Crippen molar-refractivity contribution in [2.75, 3.05) is 17.3 Å². The molecule has 0 aliphatic carbocycles. The van der Waals surface area contributed by atoms with Crippen LogP contribution in [0.4, 0.5) is 42.8 Å². The smallest absolute Gasteiger partial charge is 0.416 e. The van der Waals surface area contributed by atoms with Gasteiger partial charge in [-0.15, -0.1) is 0 Å². The van der Waals surface area contributed by atoms with E-state index in [-0.39, 0.29) is 63.6 Å². The Balaban J connectivity index is 1.63. The summed E-state index contributed by atoms with van der Waals surface area (Å²) in [4.78, 5) is 42.1. The van der Waals surface area contributed by atoms with E-state index >= 15 is 0 Å². The van der Waals surface area contributed by atoms with Gasteiger partial charge in [-0.1, -0.05) is 6.92 Å². The summed E-state index contributed by atoms with van der Waals surface area (Å²) in [5.74, 6) is -1.23. The van der Waals surface area contributed by atoms with Gasteiger partial charge < -0.3 is 20.3 Å². The van der Waals surface area contributed by atoms with Gasteiger partial charge in [0.05, 0.1) is 46.9 Å². The van der Waals surface area contributed by atoms with Gasteiger partial charge in [-0.3, -0.25) is 9.88 Å². The van der Waals surface area contributed by atoms with E-state index in [1.54, 1.807) is 6.92 Å². The number of carboxylic acids is 1. The Morgan fingerprint density at radius 3 is 2.25 bits per heavy atom. The molecular weight excluding hydrogens is 650 g/mol. The van der Waals surface area contributed by atoms with Crippen LogP contribution in [0.3, 0.4) is 0 Å². The fourth-order valence-electron chi connectivity index (χ4n) is 5.48. The highest BCUT2D eigenvalue weighted by molar-refractivity contribution is 5.89. The number of aromatic carboxylic acids is 1. The first kappa shape index (κ1) is 33.9. The predicted octanol–water partition coefficient (Wildman–Crippen LogP) is 7.09. The monoisotopic (exact) mass is 676 g/mol. The molecule has 252 valence electrons. The van der Waals surface area contributed by atoms with E-state index in [1.807, 2.05) is 0 Å². The molecule has 0 saturated carbocycles. The Morgan fingerprint density at radius 1 is 0.979 bits per heavy atom. The third-order valence-electron chi connectivity index (χ3n) is 7.71. The van der Waals surface area contributed by atoms with Crippen molar-refractivity contribution < 1.29 is 50.9 Å². The number of carbonyl (C=O) groups is 2. The van der Waals surface area contributed by atoms with Crippen LogP contribution in [0, 0.1) is 0 Å². The summed E-state index contributed by atoms with van der Waals surface area (Å²) in [6.07, 6.45) is -7.73. The number of carboxylic acid groups (broad SMARTS) is 2. The molecule has 4 aromatic rings. The highest BCUT2D eigenvalue weighted by Crippen LogP contribution is 2.41. The Kier molecular flexibility index (Phi) is 9.15. The van der Waals surface area contributed by atoms with E-state index in [1.165, 1.54) is 42.6 Å². The summed E-state index contributed by atoms with van der Waals surface area (Å²) in [5, 5.41) is 22.5. The minimum atomic E-state index is -5.08. The van der Waals surface area contributed by atoms with Gasteiger partial charge in [0.2, 0.25) is 11.8 Å². The zero-order valence-electron chi connectivity index (χ0n) is 25.1. The largest absolute Gasteiger partial charge is 0.481 e. The maximum atomic E-state index is 13.7. The molecule has 5 rings (SSSR count). The van der Waals surface area contributed by atoms with Crippen LogP contribution in [0.5, 0.6) is 5.88 Å². The van der Waals surface area contributed by atoms with Crippen molar-refractivity contribution in [3.05, 3.63) is 88.6 Å². The Bertz CT molecular complexity index is 1840. The van der Waals surface area contributed by atoms with Gasteiger partial charge in [0.25, 0.3) is 0 Å². The van der Waals surface area contributed by atoms with E-state index in [2.05, 4.69) is 25.3 Å². The number of hydrogen-bond acceptors (Lipinski definition) is 8. The number of pyridine rings is 2. The van der Waals surface area contributed by atoms with E-state index in [0.29, 0.717) is 18.6 Å². The van der Waals surface area contributed by atoms with Gasteiger partial charge in [-0.25, -0.2) is 24.5 Å². The van der Waals surface area contributed by atoms with Gasteiger partial charge in [0.15, 0.2) is 0 Å². The van der Waals surface area contributed by atoms with Crippen LogP contribution in [-0.2, 0) is 18.8 Å². The molecule has 0 radical (unpaired) electrons. The molecule has 3 aromatic heterocycles. The molecule has 1 amide bonds. The average molecular weight is 677 g/mol. The highest BCUT2D eigenvalue weighted by atomic mass is 19.4. The van der Waals surface area contributed by atoms with E-state index in [9.17, 15) is 46.1 Å². The Hall–Kier alpha value is -5.48. The predicted molar refractivity (Wildman–Crippen MR) is 158 cm³/mol. The highest BCUT2D eigenvalue weighted by Gasteiger charge is 2.38. The molecule has 3 N–H and O–H groups in total. The van der Waals surface area contributed by atoms with Gasteiger partial charge in [-0.2, -0.15) is 26.3 Å². The first-order chi connectivity index (χ1) is 22.6. The molecule has 1 aromatic carbocycles. The summed E-state index contributed by atoms with van der Waals surface area (Å²) in [7, 11) is 1.38. The average Bonchev–Trinajstić information content (AvgIpc) is 3.03. The number of amides is 1. The molecule has 0 fully saturated rings. The second-order valence-corrected chi connectivity index (χ2v) is 10.8. The number of hydrogen-bond donors (Lipinski definition) is 3. The van der Waals surface area contributed by atoms with Crippen LogP contribution in [0.25, 0.3) is 11.1 Å². The number of halogens is 6. The van der Waals surface area contributed by atoms with Gasteiger partial charge >= 0.3 is 24.4 Å². The molecule has 4 heterocycles. The minimum Gasteiger partial charge on any atom is -0.481 e. The maximum absolute atomic E-state index is 13.7. The lowest BCUT2D eigenvalue weighted by Gasteiger charge is -2.38. The number of nitrogens with one attached hydrogen (secondary N) is 1. The zero-order valence-corrected chi connectivity index (χ0v) is 25.1. The fourth-order valence-corrected chi connectivity index (χ4v) is 5.48. The van der Waals surface area contributed by atoms with Crippen LogP contribution in [0.1, 0.15) is 64.2 Å². The van der Waals surface area contributed by atoms with Crippen LogP contribution in [0.2, 0.25) is 0 Å². The molecule has 1 aliphatic rings. The topological polar surface area (TPSA) is 151 Å². The molecular formula is C31H26F6N6O5. The number of ether oxygens (including phenoxy) is 1. The lowest BCUT2D eigenvalue weighted by Crippen LogP contribution is -2.45. The van der Waals surface area contributed by atoms with Crippen LogP contribution < -0.4 is 15.0 Å². The van der Waals surface area contributed by atoms with Crippen LogP contribution >= 0.6 is 0 Å². The van der Waals surface area contributed by atoms with Crippen molar-refractivity contribution in [3.8, 4) is 17.0 Å². The number of nitrogens with zero attached hydrogens (tertiary/aromatic N) is 5. The number of methoxy groups -OCH3 is 1. The van der Waals surface area contributed by atoms with Gasteiger partial charge in [0, 0.05) is 48.2 Å². The van der Waals surface area contributed by atoms with Crippen molar-refractivity contribution in [2.45, 2.75) is 50.6 Å². The lowest BCUT2D eigenvalue weighted by atomic mass is 9.93. The Morgan fingerprint density at radius 2 is 1.67 bits per heavy atom. The third-order valence-corrected chi connectivity index (χ3v) is 7.71. The number of anilines is 2. The molecule has 0 saturated heterocycles. The van der Waals surface area contributed by atoms with Gasteiger partial charge in [0.1, 0.15) is 0 Å². The van der Waals surface area contributed by atoms with Gasteiger partial charge in [-0.05, 0) is 48.7 Å². The molecule has 0 spiro atoms. The molecule has 2 atom stereocenters. The van der Waals surface area contributed by atoms with Crippen molar-refractivity contribution in [1.82, 2.24) is 19.9 Å². The zero-order chi connectivity index (χ0) is 35.0. The molecule has 48 heavy (non-hydrogen) atoms. The molecule has 11 nitrogen and oxygen atoms in total. The number of rotatable bonds is 8. The second-order valence-electron chi connectivity index (χ2n) is 10.8. The fraction of sp³-hybridized carbons (Fsp3) is 0.290. The minimum absolute atomic E-state index is 0.0178. The molecule has 1 aliphatic heterocycles. The number of benzene rings is 1. The number of fused-ring (bicyclic) bond motifs is 1. The van der Waals surface area contributed by atoms with Crippen molar-refractivity contribution in [2.24, 2.45) is 0 Å². The van der Waals surface area contributed by atoms with Crippen LogP contribution in [-0.4, -0.2) is 55.4 Å². The molecule has 0 bridgehead atoms. The lowest BCUT2D eigenvalue weighted by molar-refractivity contribution is -0.143. The summed E-state index contributed by atoms with van der Waals surface area (Å²) in [5.41, 5.74) is -2.86. The van der Waals surface area contributed by atoms with E-state index in [0.717, 1.165) is 6.20 Å². The second kappa shape index (κ2) is 13.0. The maximum Gasteiger partial charge on any atom is 0.416 e. The van der Waals surface area contributed by atoms with Crippen molar-refractivity contribution in [3.63, 3.8) is 0 Å². The quantitative estimate of drug-likeness (QED) is 0.165. The first-order valence-electron chi connectivity index (χ1n) is 14.3. The molecule has 17 heteroatoms. The van der Waals surface area contributed by atoms with Crippen LogP contribution in [0.15, 0.2) is 55.0 Å². The van der Waals surface area contributed by atoms with Crippen molar-refractivity contribution in [1.29, 1.82) is 0 Å². The third kappa shape index (κ3) is 7.08. The summed E-state index contributed by atoms with van der Waals surface area (Å²) < 4.78 is 87.2. The number of aromatic nitrogens is 4. The molecule has 0 unspecified atom stereocenters. The van der Waals surface area contributed by atoms with E-state index in [4.69, 9.17) is 4.74 Å². The first-order valence-corrected chi connectivity index (χ1v) is 14.3. The summed E-state index contributed by atoms with van der Waals surface area (Å²) in [6.45, 7) is 1.80. The summed E-state index contributed by atoms with van der Waals surface area (Å²) in [6, 6.07) is 4.24. The normalized spacial score (nSPS) is 16.3. The standard InChI is InChI=1S/C31H26F6N6O5/c1-3-20-11-23(26-24(43(20)29(46)47)4-5-25(42-26)48-2)41-28-39-14-21(16-9-17(27(44)45)13-38-12-16)22(40-28)8-15-6-18(30(32,33)34)10-19(7-15)31(35,36)37/h4-7,9-10,12-14,20,23H,3,8,11H2,1-2H3,(H,44,45)(H,46,47)(H,39,40,41)/t20-,23+/m1/s1.